The summed E-state index contributed by atoms with van der Waals surface area (Å²) in [7, 11) is 0. The molecule has 1 fully saturated rings. The lowest BCUT2D eigenvalue weighted by atomic mass is 9.88. The lowest BCUT2D eigenvalue weighted by Crippen LogP contribution is -2.42. The normalized spacial score (nSPS) is 24.1. The number of thiol groups is 1. The summed E-state index contributed by atoms with van der Waals surface area (Å²) in [4.78, 5) is 14.6. The molecular weight excluding hydrogens is 249 g/mol. The molecule has 2 unspecified atom stereocenters. The van der Waals surface area contributed by atoms with Gasteiger partial charge in [0.05, 0.1) is 5.56 Å². The molecule has 98 valence electrons. The maximum Gasteiger partial charge on any atom is 0.256 e. The van der Waals surface area contributed by atoms with E-state index >= 15 is 0 Å². The first-order valence-corrected chi connectivity index (χ1v) is 6.71. The molecule has 1 aliphatic rings. The van der Waals surface area contributed by atoms with Crippen LogP contribution in [0.5, 0.6) is 0 Å². The van der Waals surface area contributed by atoms with Crippen LogP contribution in [0.4, 0.5) is 4.39 Å². The number of hydrogen-bond acceptors (Lipinski definition) is 2. The molecule has 0 bridgehead atoms. The summed E-state index contributed by atoms with van der Waals surface area (Å²) in [6, 6.07) is 4.35. The van der Waals surface area contributed by atoms with E-state index in [4.69, 9.17) is 0 Å². The Hall–Kier alpha value is -1.03. The van der Waals surface area contributed by atoms with Gasteiger partial charge in [-0.3, -0.25) is 4.79 Å². The number of nitrogens with zero attached hydrogens (tertiary/aromatic N) is 1. The molecule has 0 aliphatic carbocycles. The van der Waals surface area contributed by atoms with Crippen molar-refractivity contribution in [3.63, 3.8) is 0 Å². The molecule has 4 heteroatoms. The van der Waals surface area contributed by atoms with Gasteiger partial charge in [-0.2, -0.15) is 0 Å². The van der Waals surface area contributed by atoms with Crippen LogP contribution in [0.3, 0.4) is 0 Å². The van der Waals surface area contributed by atoms with E-state index in [1.54, 1.807) is 11.0 Å². The number of halogens is 1. The number of benzene rings is 1. The highest BCUT2D eigenvalue weighted by Gasteiger charge is 2.27. The summed E-state index contributed by atoms with van der Waals surface area (Å²) in [5, 5.41) is 0. The number of carbonyl (C=O) groups excluding carboxylic acids is 1. The molecular formula is C14H18FNOS. The third-order valence-electron chi connectivity index (χ3n) is 3.80. The Morgan fingerprint density at radius 1 is 1.39 bits per heavy atom. The second-order valence-corrected chi connectivity index (χ2v) is 5.67. The Morgan fingerprint density at radius 3 is 2.78 bits per heavy atom. The molecule has 0 radical (unpaired) electrons. The maximum atomic E-state index is 13.7. The predicted octanol–water partition coefficient (Wildman–Crippen LogP) is 3.23. The molecule has 1 aromatic rings. The molecule has 0 spiro atoms. The number of rotatable bonds is 1. The molecule has 2 nitrogen and oxygen atoms in total. The number of piperidine rings is 1. The van der Waals surface area contributed by atoms with Crippen LogP contribution in [0.25, 0.3) is 0 Å². The lowest BCUT2D eigenvalue weighted by Gasteiger charge is -2.35. The fourth-order valence-corrected chi connectivity index (χ4v) is 2.50. The van der Waals surface area contributed by atoms with Crippen molar-refractivity contribution < 1.29 is 9.18 Å². The van der Waals surface area contributed by atoms with E-state index in [1.165, 1.54) is 12.1 Å². The molecule has 0 saturated carbocycles. The standard InChI is InChI=1S/C14H18FNOS/c1-9-5-6-16(8-10(9)2)14(17)12-7-11(18)3-4-13(12)15/h3-4,7,9-10,18H,5-6,8H2,1-2H3. The monoisotopic (exact) mass is 267 g/mol. The molecule has 1 aromatic carbocycles. The Labute approximate surface area is 113 Å². The van der Waals surface area contributed by atoms with Gasteiger partial charge in [-0.15, -0.1) is 12.6 Å². The van der Waals surface area contributed by atoms with E-state index in [2.05, 4.69) is 26.5 Å². The molecule has 18 heavy (non-hydrogen) atoms. The largest absolute Gasteiger partial charge is 0.338 e. The average molecular weight is 267 g/mol. The van der Waals surface area contributed by atoms with Gasteiger partial charge in [0.15, 0.2) is 0 Å². The van der Waals surface area contributed by atoms with Crippen LogP contribution in [0, 0.1) is 17.7 Å². The summed E-state index contributed by atoms with van der Waals surface area (Å²) in [5.41, 5.74) is 0.129. The first-order valence-electron chi connectivity index (χ1n) is 6.27. The van der Waals surface area contributed by atoms with Crippen molar-refractivity contribution in [2.24, 2.45) is 11.8 Å². The van der Waals surface area contributed by atoms with E-state index < -0.39 is 5.82 Å². The third kappa shape index (κ3) is 2.69. The molecule has 2 atom stereocenters. The molecule has 1 aliphatic heterocycles. The van der Waals surface area contributed by atoms with Gasteiger partial charge in [0.1, 0.15) is 5.82 Å². The van der Waals surface area contributed by atoms with Crippen LogP contribution in [-0.2, 0) is 0 Å². The fraction of sp³-hybridized carbons (Fsp3) is 0.500. The fourth-order valence-electron chi connectivity index (χ4n) is 2.29. The number of carbonyl (C=O) groups is 1. The number of hydrogen-bond donors (Lipinski definition) is 1. The highest BCUT2D eigenvalue weighted by atomic mass is 32.1. The Balaban J connectivity index is 2.19. The first kappa shape index (κ1) is 13.4. The van der Waals surface area contributed by atoms with Crippen LogP contribution in [0.1, 0.15) is 30.6 Å². The van der Waals surface area contributed by atoms with Crippen molar-refractivity contribution in [3.05, 3.63) is 29.6 Å². The van der Waals surface area contributed by atoms with Crippen LogP contribution in [0.2, 0.25) is 0 Å². The van der Waals surface area contributed by atoms with Crippen LogP contribution in [0.15, 0.2) is 23.1 Å². The second-order valence-electron chi connectivity index (χ2n) is 5.16. The van der Waals surface area contributed by atoms with Gasteiger partial charge in [0, 0.05) is 18.0 Å². The van der Waals surface area contributed by atoms with Gasteiger partial charge in [-0.05, 0) is 36.5 Å². The molecule has 1 heterocycles. The van der Waals surface area contributed by atoms with Crippen molar-refractivity contribution in [3.8, 4) is 0 Å². The zero-order chi connectivity index (χ0) is 13.3. The zero-order valence-electron chi connectivity index (χ0n) is 10.7. The average Bonchev–Trinajstić information content (AvgIpc) is 2.35. The molecule has 0 N–H and O–H groups in total. The molecule has 1 amide bonds. The molecule has 1 saturated heterocycles. The van der Waals surface area contributed by atoms with Gasteiger partial charge in [-0.1, -0.05) is 13.8 Å². The summed E-state index contributed by atoms with van der Waals surface area (Å²) >= 11 is 4.15. The zero-order valence-corrected chi connectivity index (χ0v) is 11.6. The highest BCUT2D eigenvalue weighted by molar-refractivity contribution is 7.80. The van der Waals surface area contributed by atoms with E-state index in [-0.39, 0.29) is 11.5 Å². The second kappa shape index (κ2) is 5.31. The van der Waals surface area contributed by atoms with Crippen molar-refractivity contribution in [2.75, 3.05) is 13.1 Å². The van der Waals surface area contributed by atoms with Crippen molar-refractivity contribution >= 4 is 18.5 Å². The minimum absolute atomic E-state index is 0.129. The minimum Gasteiger partial charge on any atom is -0.338 e. The Kier molecular flexibility index (Phi) is 3.95. The van der Waals surface area contributed by atoms with Crippen LogP contribution < -0.4 is 0 Å². The van der Waals surface area contributed by atoms with Gasteiger partial charge >= 0.3 is 0 Å². The van der Waals surface area contributed by atoms with Crippen LogP contribution in [-0.4, -0.2) is 23.9 Å². The van der Waals surface area contributed by atoms with Crippen molar-refractivity contribution in [1.82, 2.24) is 4.90 Å². The van der Waals surface area contributed by atoms with Gasteiger partial charge in [0.2, 0.25) is 0 Å². The smallest absolute Gasteiger partial charge is 0.256 e. The topological polar surface area (TPSA) is 20.3 Å². The Bertz CT molecular complexity index is 463. The summed E-state index contributed by atoms with van der Waals surface area (Å²) in [5.74, 6) is 0.395. The minimum atomic E-state index is -0.468. The summed E-state index contributed by atoms with van der Waals surface area (Å²) in [6.45, 7) is 5.74. The van der Waals surface area contributed by atoms with Crippen LogP contribution >= 0.6 is 12.6 Å². The van der Waals surface area contributed by atoms with E-state index in [0.29, 0.717) is 29.8 Å². The van der Waals surface area contributed by atoms with Gasteiger partial charge < -0.3 is 4.90 Å². The van der Waals surface area contributed by atoms with Crippen molar-refractivity contribution in [2.45, 2.75) is 25.2 Å². The number of likely N-dealkylation sites (tertiary alicyclic amines) is 1. The molecule has 0 aromatic heterocycles. The Morgan fingerprint density at radius 2 is 2.11 bits per heavy atom. The highest BCUT2D eigenvalue weighted by Crippen LogP contribution is 2.24. The summed E-state index contributed by atoms with van der Waals surface area (Å²) < 4.78 is 13.7. The quantitative estimate of drug-likeness (QED) is 0.775. The number of amides is 1. The maximum absolute atomic E-state index is 13.7. The van der Waals surface area contributed by atoms with E-state index in [9.17, 15) is 9.18 Å². The van der Waals surface area contributed by atoms with Crippen molar-refractivity contribution in [1.29, 1.82) is 0 Å². The summed E-state index contributed by atoms with van der Waals surface area (Å²) in [6.07, 6.45) is 0.981. The van der Waals surface area contributed by atoms with E-state index in [0.717, 1.165) is 6.42 Å². The first-order chi connectivity index (χ1) is 8.49. The van der Waals surface area contributed by atoms with Gasteiger partial charge in [0.25, 0.3) is 5.91 Å². The lowest BCUT2D eigenvalue weighted by molar-refractivity contribution is 0.0622. The molecule has 2 rings (SSSR count). The SMILES string of the molecule is CC1CCN(C(=O)c2cc(S)ccc2F)CC1C. The third-order valence-corrected chi connectivity index (χ3v) is 4.08. The van der Waals surface area contributed by atoms with Gasteiger partial charge in [-0.25, -0.2) is 4.39 Å². The van der Waals surface area contributed by atoms with E-state index in [1.807, 2.05) is 0 Å². The predicted molar refractivity (Wildman–Crippen MR) is 72.5 cm³/mol.